The van der Waals surface area contributed by atoms with Crippen molar-refractivity contribution in [2.45, 2.75) is 38.4 Å². The van der Waals surface area contributed by atoms with Crippen LogP contribution in [0.15, 0.2) is 0 Å². The van der Waals surface area contributed by atoms with Crippen molar-refractivity contribution in [2.24, 2.45) is 0 Å². The topological polar surface area (TPSA) is 64.9 Å². The molecule has 0 radical (unpaired) electrons. The maximum atomic E-state index is 4.99. The normalized spacial score (nSPS) is 15.8. The standard InChI is InChI=1S/C9H17N5O/c1-15-6-2-5-14-9(11-12-13-14)7-10-8-3-4-8/h8,10H,2-7H2,1H3. The van der Waals surface area contributed by atoms with E-state index in [-0.39, 0.29) is 0 Å². The molecule has 1 aromatic rings. The van der Waals surface area contributed by atoms with Gasteiger partial charge in [0, 0.05) is 26.3 Å². The Hall–Kier alpha value is -1.01. The summed E-state index contributed by atoms with van der Waals surface area (Å²) >= 11 is 0. The van der Waals surface area contributed by atoms with Crippen molar-refractivity contribution in [2.75, 3.05) is 13.7 Å². The Morgan fingerprint density at radius 3 is 3.13 bits per heavy atom. The second kappa shape index (κ2) is 5.18. The molecule has 1 heterocycles. The Bertz CT molecular complexity index is 296. The smallest absolute Gasteiger partial charge is 0.165 e. The van der Waals surface area contributed by atoms with E-state index in [1.165, 1.54) is 12.8 Å². The second-order valence-electron chi connectivity index (χ2n) is 3.82. The van der Waals surface area contributed by atoms with Crippen molar-refractivity contribution in [1.82, 2.24) is 25.5 Å². The highest BCUT2D eigenvalue weighted by atomic mass is 16.5. The fraction of sp³-hybridized carbons (Fsp3) is 0.889. The van der Waals surface area contributed by atoms with Gasteiger partial charge in [0.2, 0.25) is 0 Å². The molecule has 0 spiro atoms. The number of ether oxygens (including phenoxy) is 1. The number of hydrogen-bond acceptors (Lipinski definition) is 5. The Kier molecular flexibility index (Phi) is 3.63. The van der Waals surface area contributed by atoms with Crippen LogP contribution in [0.2, 0.25) is 0 Å². The van der Waals surface area contributed by atoms with Gasteiger partial charge >= 0.3 is 0 Å². The summed E-state index contributed by atoms with van der Waals surface area (Å²) in [6.45, 7) is 2.34. The quantitative estimate of drug-likeness (QED) is 0.641. The summed E-state index contributed by atoms with van der Waals surface area (Å²) in [7, 11) is 1.70. The predicted molar refractivity (Wildman–Crippen MR) is 54.2 cm³/mol. The summed E-state index contributed by atoms with van der Waals surface area (Å²) < 4.78 is 6.83. The van der Waals surface area contributed by atoms with Gasteiger partial charge in [0.15, 0.2) is 5.82 Å². The van der Waals surface area contributed by atoms with Gasteiger partial charge in [0.25, 0.3) is 0 Å². The van der Waals surface area contributed by atoms with Gasteiger partial charge in [0.05, 0.1) is 6.54 Å². The highest BCUT2D eigenvalue weighted by Crippen LogP contribution is 2.18. The van der Waals surface area contributed by atoms with Gasteiger partial charge in [-0.05, 0) is 29.7 Å². The summed E-state index contributed by atoms with van der Waals surface area (Å²) in [6, 6.07) is 0.689. The number of rotatable bonds is 7. The van der Waals surface area contributed by atoms with Crippen molar-refractivity contribution in [1.29, 1.82) is 0 Å². The Morgan fingerprint density at radius 2 is 2.40 bits per heavy atom. The molecule has 0 unspecified atom stereocenters. The minimum absolute atomic E-state index is 0.689. The average molecular weight is 211 g/mol. The summed E-state index contributed by atoms with van der Waals surface area (Å²) in [5, 5.41) is 15.0. The third kappa shape index (κ3) is 3.24. The number of nitrogens with zero attached hydrogens (tertiary/aromatic N) is 4. The molecule has 84 valence electrons. The first-order valence-electron chi connectivity index (χ1n) is 5.37. The third-order valence-corrected chi connectivity index (χ3v) is 2.45. The van der Waals surface area contributed by atoms with E-state index >= 15 is 0 Å². The van der Waals surface area contributed by atoms with Crippen LogP contribution in [-0.2, 0) is 17.8 Å². The fourth-order valence-corrected chi connectivity index (χ4v) is 1.41. The van der Waals surface area contributed by atoms with Crippen LogP contribution in [0.4, 0.5) is 0 Å². The molecule has 1 saturated carbocycles. The molecule has 0 amide bonds. The van der Waals surface area contributed by atoms with Gasteiger partial charge in [0.1, 0.15) is 0 Å². The van der Waals surface area contributed by atoms with E-state index < -0.39 is 0 Å². The Labute approximate surface area is 89.0 Å². The van der Waals surface area contributed by atoms with Crippen LogP contribution in [-0.4, -0.2) is 40.0 Å². The first kappa shape index (κ1) is 10.5. The molecule has 0 aromatic carbocycles. The molecule has 1 aromatic heterocycles. The molecule has 0 atom stereocenters. The SMILES string of the molecule is COCCCn1nnnc1CNC1CC1. The summed E-state index contributed by atoms with van der Waals surface area (Å²) in [5.41, 5.74) is 0. The van der Waals surface area contributed by atoms with Crippen molar-refractivity contribution in [3.8, 4) is 0 Å². The van der Waals surface area contributed by atoms with Crippen molar-refractivity contribution >= 4 is 0 Å². The van der Waals surface area contributed by atoms with Crippen LogP contribution in [0.3, 0.4) is 0 Å². The first-order chi connectivity index (χ1) is 7.40. The molecule has 1 N–H and O–H groups in total. The highest BCUT2D eigenvalue weighted by molar-refractivity contribution is 4.86. The minimum Gasteiger partial charge on any atom is -0.385 e. The molecule has 6 nitrogen and oxygen atoms in total. The molecule has 1 aliphatic rings. The van der Waals surface area contributed by atoms with E-state index in [2.05, 4.69) is 20.8 Å². The lowest BCUT2D eigenvalue weighted by molar-refractivity contribution is 0.188. The number of aryl methyl sites for hydroxylation is 1. The molecule has 15 heavy (non-hydrogen) atoms. The number of hydrogen-bond donors (Lipinski definition) is 1. The Balaban J connectivity index is 1.78. The molecule has 6 heteroatoms. The molecule has 1 fully saturated rings. The molecule has 0 bridgehead atoms. The summed E-state index contributed by atoms with van der Waals surface area (Å²) in [5.74, 6) is 0.915. The van der Waals surface area contributed by atoms with Crippen LogP contribution < -0.4 is 5.32 Å². The monoisotopic (exact) mass is 211 g/mol. The predicted octanol–water partition coefficient (Wildman–Crippen LogP) is -0.0384. The molecule has 1 aliphatic carbocycles. The van der Waals surface area contributed by atoms with Crippen LogP contribution >= 0.6 is 0 Å². The maximum absolute atomic E-state index is 4.99. The number of tetrazole rings is 1. The average Bonchev–Trinajstić information content (AvgIpc) is 2.97. The van der Waals surface area contributed by atoms with Crippen molar-refractivity contribution < 1.29 is 4.74 Å². The third-order valence-electron chi connectivity index (χ3n) is 2.45. The van der Waals surface area contributed by atoms with E-state index in [0.717, 1.165) is 31.9 Å². The van der Waals surface area contributed by atoms with Gasteiger partial charge in [-0.1, -0.05) is 0 Å². The van der Waals surface area contributed by atoms with Crippen LogP contribution in [0, 0.1) is 0 Å². The van der Waals surface area contributed by atoms with Gasteiger partial charge in [-0.15, -0.1) is 5.10 Å². The van der Waals surface area contributed by atoms with Crippen molar-refractivity contribution in [3.63, 3.8) is 0 Å². The maximum Gasteiger partial charge on any atom is 0.165 e. The van der Waals surface area contributed by atoms with Crippen molar-refractivity contribution in [3.05, 3.63) is 5.82 Å². The minimum atomic E-state index is 0.689. The van der Waals surface area contributed by atoms with E-state index in [0.29, 0.717) is 6.04 Å². The zero-order valence-corrected chi connectivity index (χ0v) is 9.02. The van der Waals surface area contributed by atoms with Crippen LogP contribution in [0.5, 0.6) is 0 Å². The Morgan fingerprint density at radius 1 is 1.53 bits per heavy atom. The lowest BCUT2D eigenvalue weighted by atomic mass is 10.4. The molecular weight excluding hydrogens is 194 g/mol. The largest absolute Gasteiger partial charge is 0.385 e. The lowest BCUT2D eigenvalue weighted by Gasteiger charge is -2.04. The highest BCUT2D eigenvalue weighted by Gasteiger charge is 2.21. The number of aromatic nitrogens is 4. The van der Waals surface area contributed by atoms with Gasteiger partial charge in [-0.2, -0.15) is 0 Å². The van der Waals surface area contributed by atoms with E-state index in [1.807, 2.05) is 4.68 Å². The molecular formula is C9H17N5O. The van der Waals surface area contributed by atoms with E-state index in [4.69, 9.17) is 4.74 Å². The summed E-state index contributed by atoms with van der Waals surface area (Å²) in [4.78, 5) is 0. The number of nitrogens with one attached hydrogen (secondary N) is 1. The van der Waals surface area contributed by atoms with Crippen LogP contribution in [0.25, 0.3) is 0 Å². The molecule has 0 aliphatic heterocycles. The van der Waals surface area contributed by atoms with Gasteiger partial charge in [-0.25, -0.2) is 4.68 Å². The second-order valence-corrected chi connectivity index (χ2v) is 3.82. The molecule has 0 saturated heterocycles. The zero-order valence-electron chi connectivity index (χ0n) is 9.02. The molecule has 2 rings (SSSR count). The van der Waals surface area contributed by atoms with Gasteiger partial charge in [-0.3, -0.25) is 0 Å². The van der Waals surface area contributed by atoms with Crippen LogP contribution in [0.1, 0.15) is 25.1 Å². The zero-order chi connectivity index (χ0) is 10.5. The first-order valence-corrected chi connectivity index (χ1v) is 5.37. The number of methoxy groups -OCH3 is 1. The van der Waals surface area contributed by atoms with E-state index in [9.17, 15) is 0 Å². The lowest BCUT2D eigenvalue weighted by Crippen LogP contribution is -2.19. The summed E-state index contributed by atoms with van der Waals surface area (Å²) in [6.07, 6.45) is 3.51. The van der Waals surface area contributed by atoms with Gasteiger partial charge < -0.3 is 10.1 Å². The fourth-order valence-electron chi connectivity index (χ4n) is 1.41. The van der Waals surface area contributed by atoms with E-state index in [1.54, 1.807) is 7.11 Å².